The van der Waals surface area contributed by atoms with Crippen molar-refractivity contribution in [2.75, 3.05) is 0 Å². The fourth-order valence-electron chi connectivity index (χ4n) is 0.313. The summed E-state index contributed by atoms with van der Waals surface area (Å²) < 4.78 is 30.8. The zero-order chi connectivity index (χ0) is 8.74. The van der Waals surface area contributed by atoms with Gasteiger partial charge in [-0.3, -0.25) is 4.98 Å². The van der Waals surface area contributed by atoms with Gasteiger partial charge in [0.25, 0.3) is 0 Å². The Balaban J connectivity index is 0.000000187. The van der Waals surface area contributed by atoms with Crippen LogP contribution in [-0.4, -0.2) is 10.1 Å². The number of rotatable bonds is 0. The lowest BCUT2D eigenvalue weighted by atomic mass is 10.5. The first-order valence-electron chi connectivity index (χ1n) is 2.61. The number of aromatic nitrogens is 1. The van der Waals surface area contributed by atoms with Gasteiger partial charge in [-0.15, -0.1) is 0 Å². The molecule has 0 amide bonds. The Hall–Kier alpha value is -0.580. The number of nitrogens with zero attached hydrogens (tertiary/aromatic N) is 1. The van der Waals surface area contributed by atoms with Crippen LogP contribution in [0.2, 0.25) is 0 Å². The minimum atomic E-state index is -4.19. The van der Waals surface area contributed by atoms with Crippen LogP contribution in [0.1, 0.15) is 0 Å². The molecule has 1 aromatic rings. The summed E-state index contributed by atoms with van der Waals surface area (Å²) in [5.74, 6) is 0. The Morgan fingerprint density at radius 3 is 1.45 bits per heavy atom. The normalized spacial score (nSPS) is 9.82. The average Bonchev–Trinajstić information content (AvgIpc) is 1.88. The van der Waals surface area contributed by atoms with E-state index in [4.69, 9.17) is 0 Å². The Bertz CT molecular complexity index is 142. The number of hydrogen-bond donors (Lipinski definition) is 0. The number of halogens is 4. The maximum Gasteiger partial charge on any atom is 0.448 e. The van der Waals surface area contributed by atoms with Gasteiger partial charge in [-0.2, -0.15) is 13.2 Å². The largest absolute Gasteiger partial charge is 0.448 e. The van der Waals surface area contributed by atoms with E-state index in [-0.39, 0.29) is 0 Å². The third-order valence-corrected chi connectivity index (χ3v) is 0.566. The van der Waals surface area contributed by atoms with E-state index >= 15 is 0 Å². The molecule has 0 aromatic carbocycles. The molecule has 5 heteroatoms. The molecule has 0 aliphatic rings. The summed E-state index contributed by atoms with van der Waals surface area (Å²) in [4.78, 5) is 3.78. The number of pyridine rings is 1. The average molecular weight is 228 g/mol. The fourth-order valence-corrected chi connectivity index (χ4v) is 0.313. The fraction of sp³-hybridized carbons (Fsp3) is 0.167. The summed E-state index contributed by atoms with van der Waals surface area (Å²) in [6, 6.07) is 5.72. The summed E-state index contributed by atoms with van der Waals surface area (Å²) in [5, 5.41) is -4.19. The second-order valence-corrected chi connectivity index (χ2v) is 2.35. The molecule has 62 valence electrons. The van der Waals surface area contributed by atoms with Crippen LogP contribution >= 0.6 is 15.9 Å². The monoisotopic (exact) mass is 227 g/mol. The molecule has 0 bridgehead atoms. The van der Waals surface area contributed by atoms with Crippen LogP contribution in [0, 0.1) is 0 Å². The summed E-state index contributed by atoms with van der Waals surface area (Å²) in [7, 11) is 0. The van der Waals surface area contributed by atoms with Gasteiger partial charge in [-0.1, -0.05) is 6.07 Å². The van der Waals surface area contributed by atoms with E-state index in [9.17, 15) is 13.2 Å². The molecule has 0 aliphatic carbocycles. The van der Waals surface area contributed by atoms with Gasteiger partial charge in [0.05, 0.1) is 0 Å². The standard InChI is InChI=1S/C5H5N.CBrF3/c1-2-4-6-5-3-1;2-1(3,4)5/h1-5H;. The Kier molecular flexibility index (Phi) is 4.85. The summed E-state index contributed by atoms with van der Waals surface area (Å²) in [5.41, 5.74) is 0. The molecule has 0 fully saturated rings. The number of hydrogen-bond acceptors (Lipinski definition) is 1. The second-order valence-electron chi connectivity index (χ2n) is 1.45. The quantitative estimate of drug-likeness (QED) is 0.622. The van der Waals surface area contributed by atoms with Crippen LogP contribution in [0.3, 0.4) is 0 Å². The van der Waals surface area contributed by atoms with Crippen molar-refractivity contribution < 1.29 is 13.2 Å². The van der Waals surface area contributed by atoms with Crippen molar-refractivity contribution in [1.82, 2.24) is 4.98 Å². The molecule has 0 saturated heterocycles. The smallest absolute Gasteiger partial charge is 0.265 e. The van der Waals surface area contributed by atoms with Crippen LogP contribution in [0.5, 0.6) is 0 Å². The van der Waals surface area contributed by atoms with E-state index in [0.29, 0.717) is 0 Å². The van der Waals surface area contributed by atoms with Gasteiger partial charge in [0.15, 0.2) is 0 Å². The van der Waals surface area contributed by atoms with Gasteiger partial charge in [-0.25, -0.2) is 0 Å². The van der Waals surface area contributed by atoms with Crippen molar-refractivity contribution in [3.8, 4) is 0 Å². The molecule has 11 heavy (non-hydrogen) atoms. The van der Waals surface area contributed by atoms with Gasteiger partial charge in [-0.05, 0) is 12.1 Å². The van der Waals surface area contributed by atoms with Crippen molar-refractivity contribution in [2.24, 2.45) is 0 Å². The van der Waals surface area contributed by atoms with E-state index in [1.807, 2.05) is 18.2 Å². The molecular formula is C6H5BrF3N. The van der Waals surface area contributed by atoms with Crippen molar-refractivity contribution >= 4 is 15.9 Å². The van der Waals surface area contributed by atoms with Crippen LogP contribution in [0.25, 0.3) is 0 Å². The van der Waals surface area contributed by atoms with Gasteiger partial charge in [0, 0.05) is 28.3 Å². The van der Waals surface area contributed by atoms with Crippen molar-refractivity contribution in [1.29, 1.82) is 0 Å². The van der Waals surface area contributed by atoms with Gasteiger partial charge >= 0.3 is 5.09 Å². The van der Waals surface area contributed by atoms with E-state index < -0.39 is 5.09 Å². The predicted molar refractivity (Wildman–Crippen MR) is 39.2 cm³/mol. The minimum Gasteiger partial charge on any atom is -0.265 e. The molecule has 0 atom stereocenters. The van der Waals surface area contributed by atoms with E-state index in [1.165, 1.54) is 15.9 Å². The van der Waals surface area contributed by atoms with Crippen molar-refractivity contribution in [3.05, 3.63) is 30.6 Å². The van der Waals surface area contributed by atoms with Gasteiger partial charge in [0.2, 0.25) is 0 Å². The molecular weight excluding hydrogens is 223 g/mol. The third-order valence-electron chi connectivity index (χ3n) is 0.566. The van der Waals surface area contributed by atoms with Gasteiger partial charge < -0.3 is 0 Å². The maximum atomic E-state index is 10.3. The molecule has 0 saturated carbocycles. The first kappa shape index (κ1) is 10.4. The summed E-state index contributed by atoms with van der Waals surface area (Å²) in [6.45, 7) is 0. The molecule has 1 rings (SSSR count). The first-order chi connectivity index (χ1) is 5.00. The van der Waals surface area contributed by atoms with E-state index in [0.717, 1.165) is 0 Å². The lowest BCUT2D eigenvalue weighted by molar-refractivity contribution is -0.0245. The van der Waals surface area contributed by atoms with E-state index in [2.05, 4.69) is 4.98 Å². The molecule has 0 unspecified atom stereocenters. The van der Waals surface area contributed by atoms with Crippen LogP contribution in [-0.2, 0) is 0 Å². The molecule has 0 aliphatic heterocycles. The molecule has 1 heterocycles. The maximum absolute atomic E-state index is 10.3. The van der Waals surface area contributed by atoms with Crippen LogP contribution < -0.4 is 0 Å². The van der Waals surface area contributed by atoms with Crippen molar-refractivity contribution in [2.45, 2.75) is 5.09 Å². The van der Waals surface area contributed by atoms with Crippen LogP contribution in [0.15, 0.2) is 30.6 Å². The first-order valence-corrected chi connectivity index (χ1v) is 3.40. The summed E-state index contributed by atoms with van der Waals surface area (Å²) in [6.07, 6.45) is 3.50. The van der Waals surface area contributed by atoms with Crippen molar-refractivity contribution in [3.63, 3.8) is 0 Å². The Morgan fingerprint density at radius 1 is 1.00 bits per heavy atom. The third kappa shape index (κ3) is 17.7. The molecule has 1 aromatic heterocycles. The molecule has 1 nitrogen and oxygen atoms in total. The molecule has 0 N–H and O–H groups in total. The zero-order valence-corrected chi connectivity index (χ0v) is 6.93. The lowest BCUT2D eigenvalue weighted by Gasteiger charge is -1.85. The predicted octanol–water partition coefficient (Wildman–Crippen LogP) is 2.98. The topological polar surface area (TPSA) is 12.9 Å². The van der Waals surface area contributed by atoms with Gasteiger partial charge in [0.1, 0.15) is 0 Å². The molecule has 0 spiro atoms. The molecule has 0 radical (unpaired) electrons. The summed E-state index contributed by atoms with van der Waals surface area (Å²) >= 11 is 1.38. The Labute approximate surface area is 70.4 Å². The van der Waals surface area contributed by atoms with Crippen LogP contribution in [0.4, 0.5) is 13.2 Å². The zero-order valence-electron chi connectivity index (χ0n) is 5.35. The Morgan fingerprint density at radius 2 is 1.36 bits per heavy atom. The minimum absolute atomic E-state index is 1.38. The SMILES string of the molecule is FC(F)(F)Br.c1ccncc1. The highest BCUT2D eigenvalue weighted by molar-refractivity contribution is 9.09. The van der Waals surface area contributed by atoms with E-state index in [1.54, 1.807) is 12.4 Å². The highest BCUT2D eigenvalue weighted by Crippen LogP contribution is 2.21. The highest BCUT2D eigenvalue weighted by atomic mass is 79.9. The highest BCUT2D eigenvalue weighted by Gasteiger charge is 2.19. The second kappa shape index (κ2) is 5.12. The lowest BCUT2D eigenvalue weighted by Crippen LogP contribution is -1.88. The number of alkyl halides is 4.